The number of fused-ring (bicyclic) bond motifs is 1. The molecule has 0 amide bonds. The van der Waals surface area contributed by atoms with Crippen molar-refractivity contribution in [3.8, 4) is 0 Å². The molecule has 2 rings (SSSR count). The van der Waals surface area contributed by atoms with Gasteiger partial charge in [0.05, 0.1) is 0 Å². The summed E-state index contributed by atoms with van der Waals surface area (Å²) >= 11 is 3.37. The van der Waals surface area contributed by atoms with Crippen molar-refractivity contribution in [1.29, 1.82) is 0 Å². The Hall–Kier alpha value is -0.560. The van der Waals surface area contributed by atoms with Crippen LogP contribution in [0.2, 0.25) is 0 Å². The van der Waals surface area contributed by atoms with Crippen LogP contribution in [0.25, 0.3) is 6.08 Å². The summed E-state index contributed by atoms with van der Waals surface area (Å²) in [4.78, 5) is 0. The van der Waals surface area contributed by atoms with Crippen molar-refractivity contribution in [3.05, 3.63) is 41.0 Å². The molecule has 0 nitrogen and oxygen atoms in total. The summed E-state index contributed by atoms with van der Waals surface area (Å²) in [5, 5.41) is 0.935. The highest BCUT2D eigenvalue weighted by Crippen LogP contribution is 2.23. The molecular formula is C11H11Br. The number of halogens is 1. The lowest BCUT2D eigenvalue weighted by molar-refractivity contribution is 0.839. The summed E-state index contributed by atoms with van der Waals surface area (Å²) in [6.45, 7) is 0. The van der Waals surface area contributed by atoms with Crippen LogP contribution in [0.1, 0.15) is 16.7 Å². The molecule has 0 fully saturated rings. The van der Waals surface area contributed by atoms with E-state index >= 15 is 0 Å². The first-order valence-electron chi connectivity index (χ1n) is 4.24. The summed E-state index contributed by atoms with van der Waals surface area (Å²) in [7, 11) is 0. The zero-order valence-electron chi connectivity index (χ0n) is 6.89. The molecule has 1 heteroatoms. The first kappa shape index (κ1) is 8.06. The Balaban J connectivity index is 2.23. The molecule has 0 heterocycles. The maximum absolute atomic E-state index is 3.37. The zero-order valence-corrected chi connectivity index (χ0v) is 8.47. The minimum atomic E-state index is 0.935. The van der Waals surface area contributed by atoms with Crippen LogP contribution in [0.15, 0.2) is 24.3 Å². The zero-order chi connectivity index (χ0) is 8.39. The second kappa shape index (κ2) is 3.44. The normalized spacial score (nSPS) is 14.4. The molecule has 1 aromatic rings. The molecule has 0 atom stereocenters. The van der Waals surface area contributed by atoms with Gasteiger partial charge < -0.3 is 0 Å². The van der Waals surface area contributed by atoms with Crippen molar-refractivity contribution in [2.75, 3.05) is 5.33 Å². The number of aryl methyl sites for hydroxylation is 2. The number of hydrogen-bond donors (Lipinski definition) is 0. The molecule has 0 aliphatic heterocycles. The van der Waals surface area contributed by atoms with Crippen molar-refractivity contribution in [3.63, 3.8) is 0 Å². The maximum Gasteiger partial charge on any atom is 0.0215 e. The van der Waals surface area contributed by atoms with Gasteiger partial charge in [0.15, 0.2) is 0 Å². The number of allylic oxidation sites excluding steroid dienone is 1. The van der Waals surface area contributed by atoms with E-state index in [2.05, 4.69) is 46.3 Å². The summed E-state index contributed by atoms with van der Waals surface area (Å²) < 4.78 is 0. The van der Waals surface area contributed by atoms with Gasteiger partial charge in [0, 0.05) is 5.33 Å². The summed E-state index contributed by atoms with van der Waals surface area (Å²) in [5.41, 5.74) is 4.39. The molecule has 0 N–H and O–H groups in total. The van der Waals surface area contributed by atoms with E-state index in [9.17, 15) is 0 Å². The molecule has 0 radical (unpaired) electrons. The number of alkyl halides is 1. The standard InChI is InChI=1S/C11H11Br/c12-7-1-2-9-3-4-10-5-6-11(10)8-9/h1-4,8H,5-7H2. The largest absolute Gasteiger partial charge is 0.0883 e. The van der Waals surface area contributed by atoms with Gasteiger partial charge in [0.1, 0.15) is 0 Å². The third-order valence-electron chi connectivity index (χ3n) is 2.29. The fraction of sp³-hybridized carbons (Fsp3) is 0.273. The van der Waals surface area contributed by atoms with Crippen LogP contribution in [0.3, 0.4) is 0 Å². The predicted octanol–water partition coefficient (Wildman–Crippen LogP) is 3.19. The van der Waals surface area contributed by atoms with Crippen molar-refractivity contribution >= 4 is 22.0 Å². The van der Waals surface area contributed by atoms with Gasteiger partial charge in [0.2, 0.25) is 0 Å². The molecule has 62 valence electrons. The van der Waals surface area contributed by atoms with E-state index in [1.807, 2.05) is 0 Å². The van der Waals surface area contributed by atoms with E-state index in [0.29, 0.717) is 0 Å². The first-order valence-corrected chi connectivity index (χ1v) is 5.36. The molecular weight excluding hydrogens is 212 g/mol. The predicted molar refractivity (Wildman–Crippen MR) is 56.7 cm³/mol. The van der Waals surface area contributed by atoms with Crippen LogP contribution < -0.4 is 0 Å². The van der Waals surface area contributed by atoms with Gasteiger partial charge in [-0.25, -0.2) is 0 Å². The van der Waals surface area contributed by atoms with E-state index in [4.69, 9.17) is 0 Å². The van der Waals surface area contributed by atoms with Crippen molar-refractivity contribution in [2.24, 2.45) is 0 Å². The van der Waals surface area contributed by atoms with Gasteiger partial charge in [-0.3, -0.25) is 0 Å². The topological polar surface area (TPSA) is 0 Å². The Labute approximate surface area is 81.4 Å². The van der Waals surface area contributed by atoms with Gasteiger partial charge in [0.25, 0.3) is 0 Å². The average Bonchev–Trinajstić information content (AvgIpc) is 2.05. The molecule has 0 saturated carbocycles. The minimum Gasteiger partial charge on any atom is -0.0883 e. The van der Waals surface area contributed by atoms with Crippen LogP contribution in [0, 0.1) is 0 Å². The monoisotopic (exact) mass is 222 g/mol. The first-order chi connectivity index (χ1) is 5.90. The Kier molecular flexibility index (Phi) is 2.31. The van der Waals surface area contributed by atoms with Crippen molar-refractivity contribution < 1.29 is 0 Å². The second-order valence-electron chi connectivity index (χ2n) is 3.08. The van der Waals surface area contributed by atoms with Crippen LogP contribution in [-0.2, 0) is 12.8 Å². The van der Waals surface area contributed by atoms with Gasteiger partial charge in [-0.2, -0.15) is 0 Å². The lowest BCUT2D eigenvalue weighted by atomic mass is 9.87. The van der Waals surface area contributed by atoms with Crippen molar-refractivity contribution in [1.82, 2.24) is 0 Å². The summed E-state index contributed by atoms with van der Waals surface area (Å²) in [6, 6.07) is 6.72. The van der Waals surface area contributed by atoms with Crippen LogP contribution in [0.4, 0.5) is 0 Å². The number of hydrogen-bond acceptors (Lipinski definition) is 0. The summed E-state index contributed by atoms with van der Waals surface area (Å²) in [5.74, 6) is 0. The molecule has 1 aliphatic rings. The fourth-order valence-electron chi connectivity index (χ4n) is 1.50. The Morgan fingerprint density at radius 2 is 2.08 bits per heavy atom. The van der Waals surface area contributed by atoms with E-state index in [-0.39, 0.29) is 0 Å². The Morgan fingerprint density at radius 3 is 2.67 bits per heavy atom. The molecule has 0 aromatic heterocycles. The summed E-state index contributed by atoms with van der Waals surface area (Å²) in [6.07, 6.45) is 6.83. The molecule has 0 spiro atoms. The quantitative estimate of drug-likeness (QED) is 0.675. The van der Waals surface area contributed by atoms with Gasteiger partial charge >= 0.3 is 0 Å². The van der Waals surface area contributed by atoms with Crippen molar-refractivity contribution in [2.45, 2.75) is 12.8 Å². The molecule has 0 bridgehead atoms. The Morgan fingerprint density at radius 1 is 1.25 bits per heavy atom. The SMILES string of the molecule is BrCC=Cc1ccc2c(c1)CC2. The van der Waals surface area contributed by atoms with Crippen LogP contribution >= 0.6 is 15.9 Å². The smallest absolute Gasteiger partial charge is 0.0215 e. The molecule has 0 saturated heterocycles. The number of rotatable bonds is 2. The number of benzene rings is 1. The van der Waals surface area contributed by atoms with Crippen LogP contribution in [-0.4, -0.2) is 5.33 Å². The highest BCUT2D eigenvalue weighted by molar-refractivity contribution is 9.09. The van der Waals surface area contributed by atoms with Crippen LogP contribution in [0.5, 0.6) is 0 Å². The lowest BCUT2D eigenvalue weighted by Crippen LogP contribution is -2.07. The van der Waals surface area contributed by atoms with Gasteiger partial charge in [-0.05, 0) is 29.5 Å². The third-order valence-corrected chi connectivity index (χ3v) is 2.67. The molecule has 1 aliphatic carbocycles. The molecule has 0 unspecified atom stereocenters. The van der Waals surface area contributed by atoms with E-state index in [1.165, 1.54) is 29.5 Å². The minimum absolute atomic E-state index is 0.935. The maximum atomic E-state index is 3.37. The van der Waals surface area contributed by atoms with E-state index < -0.39 is 0 Å². The second-order valence-corrected chi connectivity index (χ2v) is 3.73. The third kappa shape index (κ3) is 1.46. The molecule has 12 heavy (non-hydrogen) atoms. The van der Waals surface area contributed by atoms with E-state index in [0.717, 1.165) is 5.33 Å². The highest BCUT2D eigenvalue weighted by Gasteiger charge is 2.11. The van der Waals surface area contributed by atoms with Gasteiger partial charge in [-0.1, -0.05) is 46.3 Å². The van der Waals surface area contributed by atoms with Gasteiger partial charge in [-0.15, -0.1) is 0 Å². The Bertz CT molecular complexity index is 313. The highest BCUT2D eigenvalue weighted by atomic mass is 79.9. The fourth-order valence-corrected chi connectivity index (χ4v) is 1.69. The average molecular weight is 223 g/mol. The lowest BCUT2D eigenvalue weighted by Gasteiger charge is -2.18. The van der Waals surface area contributed by atoms with E-state index in [1.54, 1.807) is 0 Å². The molecule has 1 aromatic carbocycles.